The molecule has 21 heavy (non-hydrogen) atoms. The normalized spacial score (nSPS) is 33.5. The minimum atomic E-state index is -0.345. The van der Waals surface area contributed by atoms with Crippen LogP contribution in [0.3, 0.4) is 0 Å². The number of hydrogen-bond donors (Lipinski definition) is 1. The summed E-state index contributed by atoms with van der Waals surface area (Å²) < 4.78 is 0. The molecule has 2 aliphatic rings. The summed E-state index contributed by atoms with van der Waals surface area (Å²) in [7, 11) is 0. The number of aliphatic hydroxyl groups is 1. The van der Waals surface area contributed by atoms with Crippen LogP contribution in [-0.2, 0) is 4.79 Å². The van der Waals surface area contributed by atoms with E-state index in [1.807, 2.05) is 0 Å². The van der Waals surface area contributed by atoms with Crippen LogP contribution in [0.25, 0.3) is 0 Å². The third-order valence-electron chi connectivity index (χ3n) is 5.75. The van der Waals surface area contributed by atoms with E-state index in [-0.39, 0.29) is 17.9 Å². The zero-order chi connectivity index (χ0) is 15.1. The Labute approximate surface area is 130 Å². The van der Waals surface area contributed by atoms with Crippen molar-refractivity contribution < 1.29 is 9.90 Å². The number of fused-ring (bicyclic) bond motifs is 2. The van der Waals surface area contributed by atoms with E-state index in [9.17, 15) is 9.90 Å². The van der Waals surface area contributed by atoms with Crippen molar-refractivity contribution in [2.75, 3.05) is 0 Å². The Balaban J connectivity index is 1.78. The Hall–Kier alpha value is -0.370. The van der Waals surface area contributed by atoms with Crippen LogP contribution < -0.4 is 0 Å². The van der Waals surface area contributed by atoms with Gasteiger partial charge >= 0.3 is 0 Å². The highest BCUT2D eigenvalue weighted by molar-refractivity contribution is 5.85. The lowest BCUT2D eigenvalue weighted by atomic mass is 9.66. The molecule has 2 saturated carbocycles. The van der Waals surface area contributed by atoms with Gasteiger partial charge in [0.2, 0.25) is 0 Å². The molecule has 0 aromatic heterocycles. The second-order valence-corrected chi connectivity index (χ2v) is 7.39. The zero-order valence-corrected chi connectivity index (χ0v) is 13.9. The van der Waals surface area contributed by atoms with Crippen LogP contribution in [0.15, 0.2) is 0 Å². The number of hydrogen-bond acceptors (Lipinski definition) is 2. The monoisotopic (exact) mass is 294 g/mol. The molecule has 2 aliphatic carbocycles. The van der Waals surface area contributed by atoms with E-state index < -0.39 is 0 Å². The Morgan fingerprint density at radius 2 is 1.71 bits per heavy atom. The number of ketones is 1. The lowest BCUT2D eigenvalue weighted by molar-refractivity contribution is -0.140. The fraction of sp³-hybridized carbons (Fsp3) is 0.947. The van der Waals surface area contributed by atoms with E-state index >= 15 is 0 Å². The maximum atomic E-state index is 12.4. The molecule has 0 heterocycles. The number of carbonyl (C=O) groups excluding carboxylic acids is 1. The number of rotatable bonds is 7. The molecule has 2 heteroatoms. The Bertz CT molecular complexity index is 313. The van der Waals surface area contributed by atoms with Crippen molar-refractivity contribution in [3.63, 3.8) is 0 Å². The minimum Gasteiger partial charge on any atom is -0.392 e. The number of aliphatic hydroxyl groups excluding tert-OH is 1. The highest BCUT2D eigenvalue weighted by atomic mass is 16.3. The van der Waals surface area contributed by atoms with Crippen molar-refractivity contribution in [3.8, 4) is 0 Å². The van der Waals surface area contributed by atoms with Gasteiger partial charge < -0.3 is 5.11 Å². The predicted molar refractivity (Wildman–Crippen MR) is 87.2 cm³/mol. The quantitative estimate of drug-likeness (QED) is 0.679. The minimum absolute atomic E-state index is 0.0332. The average molecular weight is 294 g/mol. The van der Waals surface area contributed by atoms with Gasteiger partial charge in [0.1, 0.15) is 5.78 Å². The van der Waals surface area contributed by atoms with Crippen molar-refractivity contribution in [1.29, 1.82) is 0 Å². The van der Waals surface area contributed by atoms with E-state index in [2.05, 4.69) is 6.92 Å². The summed E-state index contributed by atoms with van der Waals surface area (Å²) >= 11 is 0. The number of Topliss-reactive ketones (excluding diaryl/α,β-unsaturated/α-hetero) is 1. The lowest BCUT2D eigenvalue weighted by Gasteiger charge is -2.39. The summed E-state index contributed by atoms with van der Waals surface area (Å²) in [5.41, 5.74) is 0. The van der Waals surface area contributed by atoms with Crippen LogP contribution in [0.2, 0.25) is 0 Å². The SMILES string of the molecule is CCCCCCCCC1C[C@@H]2CCCCC[C@@H](C2=O)C1O. The van der Waals surface area contributed by atoms with Gasteiger partial charge in [0.25, 0.3) is 0 Å². The first-order valence-corrected chi connectivity index (χ1v) is 9.45. The zero-order valence-electron chi connectivity index (χ0n) is 13.9. The van der Waals surface area contributed by atoms with Gasteiger partial charge in [-0.3, -0.25) is 4.79 Å². The summed E-state index contributed by atoms with van der Waals surface area (Å²) in [6, 6.07) is 0. The molecule has 2 unspecified atom stereocenters. The number of carbonyl (C=O) groups is 1. The predicted octanol–water partition coefficient (Wildman–Crippen LogP) is 4.88. The Kier molecular flexibility index (Phi) is 7.22. The fourth-order valence-corrected chi connectivity index (χ4v) is 4.40. The molecule has 0 radical (unpaired) electrons. The van der Waals surface area contributed by atoms with Crippen molar-refractivity contribution in [2.24, 2.45) is 17.8 Å². The molecule has 2 rings (SSSR count). The van der Waals surface area contributed by atoms with Gasteiger partial charge in [-0.2, -0.15) is 0 Å². The van der Waals surface area contributed by atoms with Crippen LogP contribution in [0.5, 0.6) is 0 Å². The molecule has 1 N–H and O–H groups in total. The highest BCUT2D eigenvalue weighted by Crippen LogP contribution is 2.40. The van der Waals surface area contributed by atoms with E-state index in [0.717, 1.165) is 32.1 Å². The van der Waals surface area contributed by atoms with Gasteiger partial charge in [-0.1, -0.05) is 64.7 Å². The molecule has 0 amide bonds. The molecule has 2 fully saturated rings. The molecule has 0 saturated heterocycles. The van der Waals surface area contributed by atoms with Gasteiger partial charge in [0.15, 0.2) is 0 Å². The first kappa shape index (κ1) is 17.0. The largest absolute Gasteiger partial charge is 0.392 e. The first-order valence-electron chi connectivity index (χ1n) is 9.45. The van der Waals surface area contributed by atoms with Crippen molar-refractivity contribution in [3.05, 3.63) is 0 Å². The second-order valence-electron chi connectivity index (χ2n) is 7.39. The van der Waals surface area contributed by atoms with Crippen LogP contribution in [0.4, 0.5) is 0 Å². The smallest absolute Gasteiger partial charge is 0.141 e. The van der Waals surface area contributed by atoms with Gasteiger partial charge in [-0.05, 0) is 31.6 Å². The molecule has 0 spiro atoms. The summed E-state index contributed by atoms with van der Waals surface area (Å²) in [4.78, 5) is 12.4. The van der Waals surface area contributed by atoms with E-state index in [0.29, 0.717) is 11.7 Å². The molecule has 4 atom stereocenters. The molecule has 0 aliphatic heterocycles. The standard InChI is InChI=1S/C19H34O2/c1-2-3-4-5-6-8-11-15-14-16-12-9-7-10-13-17(18(15)20)19(16)21/h15-18,20H,2-14H2,1H3/t15?,16-,17+,18?/m0/s1. The van der Waals surface area contributed by atoms with Crippen molar-refractivity contribution >= 4 is 5.78 Å². The lowest BCUT2D eigenvalue weighted by Crippen LogP contribution is -2.45. The van der Waals surface area contributed by atoms with Crippen LogP contribution >= 0.6 is 0 Å². The van der Waals surface area contributed by atoms with E-state index in [1.165, 1.54) is 51.4 Å². The summed E-state index contributed by atoms with van der Waals surface area (Å²) in [5, 5.41) is 10.6. The maximum absolute atomic E-state index is 12.4. The molecular formula is C19H34O2. The Morgan fingerprint density at radius 1 is 1.00 bits per heavy atom. The number of unbranched alkanes of at least 4 members (excludes halogenated alkanes) is 5. The summed E-state index contributed by atoms with van der Waals surface area (Å²) in [5.74, 6) is 1.02. The highest BCUT2D eigenvalue weighted by Gasteiger charge is 2.42. The molecule has 0 aromatic carbocycles. The van der Waals surface area contributed by atoms with Crippen LogP contribution in [0, 0.1) is 17.8 Å². The molecule has 0 aromatic rings. The van der Waals surface area contributed by atoms with Gasteiger partial charge in [0, 0.05) is 11.8 Å². The third-order valence-corrected chi connectivity index (χ3v) is 5.75. The molecule has 122 valence electrons. The van der Waals surface area contributed by atoms with Crippen LogP contribution in [-0.4, -0.2) is 17.0 Å². The summed E-state index contributed by atoms with van der Waals surface area (Å²) in [6.45, 7) is 2.25. The van der Waals surface area contributed by atoms with Crippen LogP contribution in [0.1, 0.15) is 90.4 Å². The van der Waals surface area contributed by atoms with Gasteiger partial charge in [-0.25, -0.2) is 0 Å². The third kappa shape index (κ3) is 4.81. The Morgan fingerprint density at radius 3 is 2.52 bits per heavy atom. The second kappa shape index (κ2) is 8.92. The molecule has 2 bridgehead atoms. The fourth-order valence-electron chi connectivity index (χ4n) is 4.40. The van der Waals surface area contributed by atoms with Crippen molar-refractivity contribution in [1.82, 2.24) is 0 Å². The van der Waals surface area contributed by atoms with Gasteiger partial charge in [0.05, 0.1) is 6.10 Å². The average Bonchev–Trinajstić information content (AvgIpc) is 2.47. The topological polar surface area (TPSA) is 37.3 Å². The molecular weight excluding hydrogens is 260 g/mol. The van der Waals surface area contributed by atoms with E-state index in [4.69, 9.17) is 0 Å². The van der Waals surface area contributed by atoms with Gasteiger partial charge in [-0.15, -0.1) is 0 Å². The van der Waals surface area contributed by atoms with Crippen molar-refractivity contribution in [2.45, 2.75) is 96.5 Å². The summed E-state index contributed by atoms with van der Waals surface area (Å²) in [6.07, 6.45) is 15.2. The maximum Gasteiger partial charge on any atom is 0.141 e. The molecule has 2 nitrogen and oxygen atoms in total. The van der Waals surface area contributed by atoms with E-state index in [1.54, 1.807) is 0 Å². The first-order chi connectivity index (χ1) is 10.2.